The summed E-state index contributed by atoms with van der Waals surface area (Å²) in [4.78, 5) is 38.4. The van der Waals surface area contributed by atoms with E-state index in [-0.39, 0.29) is 35.3 Å². The number of nitrogens with zero attached hydrogens (tertiary/aromatic N) is 2. The van der Waals surface area contributed by atoms with E-state index in [2.05, 4.69) is 0 Å². The molecular weight excluding hydrogens is 479 g/mol. The molecule has 0 aromatic heterocycles. The van der Waals surface area contributed by atoms with Gasteiger partial charge in [0, 0.05) is 24.2 Å². The van der Waals surface area contributed by atoms with Crippen LogP contribution in [0.25, 0.3) is 5.76 Å². The molecule has 1 atom stereocenters. The first-order valence-electron chi connectivity index (χ1n) is 11.7. The zero-order valence-electron chi connectivity index (χ0n) is 20.3. The van der Waals surface area contributed by atoms with Crippen molar-refractivity contribution in [2.75, 3.05) is 6.54 Å². The van der Waals surface area contributed by atoms with Gasteiger partial charge in [-0.15, -0.1) is 0 Å². The van der Waals surface area contributed by atoms with Crippen LogP contribution in [0, 0.1) is 15.9 Å². The maximum absolute atomic E-state index is 13.3. The molecule has 0 radical (unpaired) electrons. The van der Waals surface area contributed by atoms with Crippen LogP contribution < -0.4 is 4.74 Å². The fourth-order valence-electron chi connectivity index (χ4n) is 4.31. The van der Waals surface area contributed by atoms with Crippen molar-refractivity contribution in [3.05, 3.63) is 111 Å². The van der Waals surface area contributed by atoms with Gasteiger partial charge in [-0.25, -0.2) is 4.39 Å². The van der Waals surface area contributed by atoms with Gasteiger partial charge in [-0.1, -0.05) is 36.4 Å². The Hall–Kier alpha value is -4.53. The van der Waals surface area contributed by atoms with E-state index in [9.17, 15) is 29.2 Å². The van der Waals surface area contributed by atoms with Gasteiger partial charge in [0.25, 0.3) is 17.4 Å². The lowest BCUT2D eigenvalue weighted by Gasteiger charge is -2.26. The summed E-state index contributed by atoms with van der Waals surface area (Å²) in [6, 6.07) is 17.0. The number of nitro groups is 1. The SMILES string of the molecule is CC(C)Oc1cccc(C2/C(=C(/O)c3cccc([N+](=O)[O-])c3)C(=O)C(=O)N2CCc2ccc(F)cc2)c1. The molecule has 1 heterocycles. The van der Waals surface area contributed by atoms with Crippen molar-refractivity contribution in [1.82, 2.24) is 4.90 Å². The lowest BCUT2D eigenvalue weighted by Crippen LogP contribution is -2.31. The largest absolute Gasteiger partial charge is 0.507 e. The predicted molar refractivity (Wildman–Crippen MR) is 134 cm³/mol. The summed E-state index contributed by atoms with van der Waals surface area (Å²) in [5, 5.41) is 22.4. The summed E-state index contributed by atoms with van der Waals surface area (Å²) in [5.41, 5.74) is 0.899. The lowest BCUT2D eigenvalue weighted by atomic mass is 9.95. The normalized spacial score (nSPS) is 16.9. The van der Waals surface area contributed by atoms with Crippen LogP contribution in [0.1, 0.15) is 36.6 Å². The molecule has 9 heteroatoms. The van der Waals surface area contributed by atoms with Crippen LogP contribution in [-0.4, -0.2) is 39.3 Å². The molecule has 4 rings (SSSR count). The number of hydrogen-bond donors (Lipinski definition) is 1. The molecule has 3 aromatic rings. The number of Topliss-reactive ketones (excluding diaryl/α,β-unsaturated/α-hetero) is 1. The Morgan fingerprint density at radius 3 is 2.46 bits per heavy atom. The molecule has 0 spiro atoms. The molecule has 0 aliphatic carbocycles. The van der Waals surface area contributed by atoms with Crippen LogP contribution in [0.4, 0.5) is 10.1 Å². The van der Waals surface area contributed by atoms with Crippen molar-refractivity contribution in [1.29, 1.82) is 0 Å². The maximum atomic E-state index is 13.3. The predicted octanol–water partition coefficient (Wildman–Crippen LogP) is 5.19. The number of amides is 1. The third-order valence-electron chi connectivity index (χ3n) is 5.97. The quantitative estimate of drug-likeness (QED) is 0.149. The fourth-order valence-corrected chi connectivity index (χ4v) is 4.31. The van der Waals surface area contributed by atoms with Crippen LogP contribution in [0.3, 0.4) is 0 Å². The molecule has 1 N–H and O–H groups in total. The molecule has 0 saturated carbocycles. The third kappa shape index (κ3) is 5.50. The van der Waals surface area contributed by atoms with Crippen LogP contribution >= 0.6 is 0 Å². The zero-order valence-corrected chi connectivity index (χ0v) is 20.3. The van der Waals surface area contributed by atoms with Crippen LogP contribution in [0.15, 0.2) is 78.4 Å². The number of hydrogen-bond acceptors (Lipinski definition) is 6. The summed E-state index contributed by atoms with van der Waals surface area (Å²) < 4.78 is 19.1. The first-order chi connectivity index (χ1) is 17.7. The topological polar surface area (TPSA) is 110 Å². The minimum absolute atomic E-state index is 0.0466. The van der Waals surface area contributed by atoms with E-state index in [1.807, 2.05) is 13.8 Å². The monoisotopic (exact) mass is 504 g/mol. The summed E-state index contributed by atoms with van der Waals surface area (Å²) in [5.74, 6) is -2.08. The number of ether oxygens (including phenoxy) is 1. The first kappa shape index (κ1) is 25.6. The highest BCUT2D eigenvalue weighted by atomic mass is 19.1. The smallest absolute Gasteiger partial charge is 0.295 e. The second-order valence-electron chi connectivity index (χ2n) is 8.92. The number of non-ortho nitro benzene ring substituents is 1. The number of carbonyl (C=O) groups excluding carboxylic acids is 2. The van der Waals surface area contributed by atoms with Crippen LogP contribution in [0.2, 0.25) is 0 Å². The average Bonchev–Trinajstić information content (AvgIpc) is 3.12. The summed E-state index contributed by atoms with van der Waals surface area (Å²) in [7, 11) is 0. The number of rotatable bonds is 8. The minimum Gasteiger partial charge on any atom is -0.507 e. The molecule has 37 heavy (non-hydrogen) atoms. The summed E-state index contributed by atoms with van der Waals surface area (Å²) in [6.07, 6.45) is 0.216. The molecule has 0 bridgehead atoms. The molecule has 1 fully saturated rings. The zero-order chi connectivity index (χ0) is 26.7. The van der Waals surface area contributed by atoms with Crippen LogP contribution in [-0.2, 0) is 16.0 Å². The van der Waals surface area contributed by atoms with E-state index < -0.39 is 28.4 Å². The van der Waals surface area contributed by atoms with E-state index in [1.165, 1.54) is 35.2 Å². The Morgan fingerprint density at radius 2 is 1.78 bits per heavy atom. The molecule has 1 aliphatic rings. The minimum atomic E-state index is -0.963. The third-order valence-corrected chi connectivity index (χ3v) is 5.97. The molecule has 190 valence electrons. The second-order valence-corrected chi connectivity index (χ2v) is 8.92. The molecule has 8 nitrogen and oxygen atoms in total. The Morgan fingerprint density at radius 1 is 1.08 bits per heavy atom. The number of aliphatic hydroxyl groups is 1. The van der Waals surface area contributed by atoms with Gasteiger partial charge in [-0.05, 0) is 55.7 Å². The van der Waals surface area contributed by atoms with Gasteiger partial charge in [0.15, 0.2) is 0 Å². The molecule has 3 aromatic carbocycles. The lowest BCUT2D eigenvalue weighted by molar-refractivity contribution is -0.384. The second kappa shape index (κ2) is 10.6. The fraction of sp³-hybridized carbons (Fsp3) is 0.214. The van der Waals surface area contributed by atoms with E-state index in [1.54, 1.807) is 36.4 Å². The van der Waals surface area contributed by atoms with Gasteiger partial charge < -0.3 is 14.7 Å². The van der Waals surface area contributed by atoms with Gasteiger partial charge in [0.1, 0.15) is 17.3 Å². The number of nitro benzene ring substituents is 1. The Kier molecular flexibility index (Phi) is 7.33. The van der Waals surface area contributed by atoms with Gasteiger partial charge in [0.05, 0.1) is 22.6 Å². The standard InChI is InChI=1S/C28H25FN2O6/c1-17(2)37-23-8-4-5-19(16-23)25-24(26(32)20-6-3-7-22(15-20)31(35)36)27(33)28(34)30(25)14-13-18-9-11-21(29)12-10-18/h3-12,15-17,25,32H,13-14H2,1-2H3/b26-24-. The van der Waals surface area contributed by atoms with Gasteiger partial charge in [-0.3, -0.25) is 19.7 Å². The van der Waals surface area contributed by atoms with Gasteiger partial charge >= 0.3 is 0 Å². The molecular formula is C28H25FN2O6. The van der Waals surface area contributed by atoms with Gasteiger partial charge in [-0.2, -0.15) is 0 Å². The van der Waals surface area contributed by atoms with Crippen molar-refractivity contribution in [2.45, 2.75) is 32.4 Å². The molecule has 1 saturated heterocycles. The molecule has 1 aliphatic heterocycles. The van der Waals surface area contributed by atoms with E-state index >= 15 is 0 Å². The maximum Gasteiger partial charge on any atom is 0.295 e. The average molecular weight is 505 g/mol. The highest BCUT2D eigenvalue weighted by Crippen LogP contribution is 2.40. The van der Waals surface area contributed by atoms with E-state index in [0.29, 0.717) is 17.7 Å². The summed E-state index contributed by atoms with van der Waals surface area (Å²) in [6.45, 7) is 3.84. The van der Waals surface area contributed by atoms with Crippen molar-refractivity contribution < 1.29 is 28.7 Å². The number of ketones is 1. The van der Waals surface area contributed by atoms with E-state index in [4.69, 9.17) is 4.74 Å². The Bertz CT molecular complexity index is 1380. The number of benzene rings is 3. The first-order valence-corrected chi connectivity index (χ1v) is 11.7. The number of halogens is 1. The van der Waals surface area contributed by atoms with Gasteiger partial charge in [0.2, 0.25) is 0 Å². The highest BCUT2D eigenvalue weighted by Gasteiger charge is 2.46. The molecule has 1 unspecified atom stereocenters. The van der Waals surface area contributed by atoms with E-state index in [0.717, 1.165) is 11.6 Å². The Labute approximate surface area is 212 Å². The highest BCUT2D eigenvalue weighted by molar-refractivity contribution is 6.46. The summed E-state index contributed by atoms with van der Waals surface area (Å²) >= 11 is 0. The van der Waals surface area contributed by atoms with Crippen LogP contribution in [0.5, 0.6) is 5.75 Å². The van der Waals surface area contributed by atoms with Crippen molar-refractivity contribution >= 4 is 23.1 Å². The van der Waals surface area contributed by atoms with Crippen molar-refractivity contribution in [2.24, 2.45) is 0 Å². The van der Waals surface area contributed by atoms with Crippen molar-refractivity contribution in [3.63, 3.8) is 0 Å². The number of carbonyl (C=O) groups is 2. The molecule has 1 amide bonds. The number of likely N-dealkylation sites (tertiary alicyclic amines) is 1. The number of aliphatic hydroxyl groups excluding tert-OH is 1. The Balaban J connectivity index is 1.81. The van der Waals surface area contributed by atoms with Crippen molar-refractivity contribution in [3.8, 4) is 5.75 Å².